The highest BCUT2D eigenvalue weighted by Gasteiger charge is 2.29. The highest BCUT2D eigenvalue weighted by Crippen LogP contribution is 2.26. The van der Waals surface area contributed by atoms with Gasteiger partial charge in [0.2, 0.25) is 0 Å². The minimum atomic E-state index is -4.46. The van der Waals surface area contributed by atoms with Crippen LogP contribution in [0.3, 0.4) is 0 Å². The van der Waals surface area contributed by atoms with Crippen LogP contribution in [0.1, 0.15) is 37.4 Å². The molecule has 106 valence electrons. The first kappa shape index (κ1) is 19.1. The number of alkyl halides is 3. The molecular weight excluding hydrogens is 269 g/mol. The lowest BCUT2D eigenvalue weighted by Crippen LogP contribution is -2.19. The Bertz CT molecular complexity index is 335. The molecule has 0 amide bonds. The Morgan fingerprint density at radius 2 is 1.83 bits per heavy atom. The monoisotopic (exact) mass is 286 g/mol. The molecule has 0 radical (unpaired) electrons. The molecular formula is C11H17F3O3S. The first-order valence-electron chi connectivity index (χ1n) is 5.40. The molecule has 0 saturated carbocycles. The number of hydrogen-bond acceptors (Lipinski definition) is 3. The molecule has 1 rings (SSSR count). The van der Waals surface area contributed by atoms with Gasteiger partial charge in [0.1, 0.15) is 5.75 Å². The maximum absolute atomic E-state index is 11.7. The highest BCUT2D eigenvalue weighted by atomic mass is 32.1. The highest BCUT2D eigenvalue weighted by molar-refractivity contribution is 7.12. The zero-order valence-electron chi connectivity index (χ0n) is 10.7. The topological polar surface area (TPSA) is 46.5 Å². The molecule has 0 saturated heterocycles. The largest absolute Gasteiger partial charge is 0.482 e. The Labute approximate surface area is 108 Å². The maximum atomic E-state index is 11.7. The van der Waals surface area contributed by atoms with Gasteiger partial charge in [-0.1, -0.05) is 27.7 Å². The van der Waals surface area contributed by atoms with E-state index in [0.29, 0.717) is 0 Å². The molecule has 0 aliphatic rings. The lowest BCUT2D eigenvalue weighted by atomic mass is 10.4. The molecule has 0 aliphatic carbocycles. The van der Waals surface area contributed by atoms with Crippen molar-refractivity contribution in [3.8, 4) is 5.75 Å². The molecule has 0 spiro atoms. The summed E-state index contributed by atoms with van der Waals surface area (Å²) in [7, 11) is 0. The van der Waals surface area contributed by atoms with Gasteiger partial charge in [-0.25, -0.2) is 4.79 Å². The van der Waals surface area contributed by atoms with Crippen molar-refractivity contribution in [3.63, 3.8) is 0 Å². The summed E-state index contributed by atoms with van der Waals surface area (Å²) in [6.07, 6.45) is -4.46. The normalized spacial score (nSPS) is 9.50. The molecule has 18 heavy (non-hydrogen) atoms. The predicted molar refractivity (Wildman–Crippen MR) is 65.5 cm³/mol. The Morgan fingerprint density at radius 1 is 1.33 bits per heavy atom. The summed E-state index contributed by atoms with van der Waals surface area (Å²) in [5.74, 6) is -1.54. The van der Waals surface area contributed by atoms with Gasteiger partial charge in [0.05, 0.1) is 0 Å². The third-order valence-corrected chi connectivity index (χ3v) is 2.10. The van der Waals surface area contributed by atoms with Crippen LogP contribution in [0, 0.1) is 0 Å². The van der Waals surface area contributed by atoms with Gasteiger partial charge in [-0.2, -0.15) is 13.2 Å². The first-order valence-corrected chi connectivity index (χ1v) is 6.28. The third-order valence-electron chi connectivity index (χ3n) is 1.21. The summed E-state index contributed by atoms with van der Waals surface area (Å²) in [6.45, 7) is 6.52. The fraction of sp³-hybridized carbons (Fsp3) is 0.545. The Kier molecular flexibility index (Phi) is 10.4. The third kappa shape index (κ3) is 7.94. The van der Waals surface area contributed by atoms with Gasteiger partial charge in [0.25, 0.3) is 0 Å². The number of hydrogen-bond donors (Lipinski definition) is 1. The van der Waals surface area contributed by atoms with E-state index in [4.69, 9.17) is 5.11 Å². The van der Waals surface area contributed by atoms with Crippen LogP contribution in [-0.2, 0) is 0 Å². The summed E-state index contributed by atoms with van der Waals surface area (Å²) in [5.41, 5.74) is 0. The number of rotatable bonds is 3. The van der Waals surface area contributed by atoms with Crippen LogP contribution in [0.2, 0.25) is 0 Å². The van der Waals surface area contributed by atoms with Crippen LogP contribution in [-0.4, -0.2) is 23.9 Å². The molecule has 1 N–H and O–H groups in total. The van der Waals surface area contributed by atoms with E-state index < -0.39 is 18.8 Å². The lowest BCUT2D eigenvalue weighted by molar-refractivity contribution is -0.153. The Morgan fingerprint density at radius 3 is 2.22 bits per heavy atom. The summed E-state index contributed by atoms with van der Waals surface area (Å²) in [4.78, 5) is 10.2. The van der Waals surface area contributed by atoms with Crippen LogP contribution in [0.4, 0.5) is 13.2 Å². The molecule has 0 unspecified atom stereocenters. The number of carbonyl (C=O) groups is 1. The van der Waals surface area contributed by atoms with Crippen LogP contribution in [0.15, 0.2) is 11.4 Å². The summed E-state index contributed by atoms with van der Waals surface area (Å²) in [6, 6.07) is 1.19. The minimum absolute atomic E-state index is 0.228. The van der Waals surface area contributed by atoms with Gasteiger partial charge in [0, 0.05) is 0 Å². The van der Waals surface area contributed by atoms with Crippen molar-refractivity contribution in [3.05, 3.63) is 16.3 Å². The van der Waals surface area contributed by atoms with E-state index in [1.54, 1.807) is 0 Å². The average molecular weight is 286 g/mol. The van der Waals surface area contributed by atoms with E-state index in [1.807, 2.05) is 27.7 Å². The second-order valence-corrected chi connectivity index (χ2v) is 3.24. The molecule has 3 nitrogen and oxygen atoms in total. The van der Waals surface area contributed by atoms with Crippen LogP contribution in [0.25, 0.3) is 0 Å². The summed E-state index contributed by atoms with van der Waals surface area (Å²) >= 11 is 0.816. The zero-order valence-corrected chi connectivity index (χ0v) is 11.5. The molecule has 0 aliphatic heterocycles. The van der Waals surface area contributed by atoms with Gasteiger partial charge < -0.3 is 9.84 Å². The van der Waals surface area contributed by atoms with E-state index in [-0.39, 0.29) is 10.6 Å². The number of carboxylic acids is 1. The van der Waals surface area contributed by atoms with Gasteiger partial charge in [-0.15, -0.1) is 11.3 Å². The Hall–Kier alpha value is -1.24. The van der Waals surface area contributed by atoms with E-state index >= 15 is 0 Å². The van der Waals surface area contributed by atoms with Crippen molar-refractivity contribution in [2.24, 2.45) is 0 Å². The number of ether oxygens (including phenoxy) is 1. The summed E-state index contributed by atoms with van der Waals surface area (Å²) < 4.78 is 39.4. The lowest BCUT2D eigenvalue weighted by Gasteiger charge is -2.07. The maximum Gasteiger partial charge on any atom is 0.422 e. The van der Waals surface area contributed by atoms with Crippen molar-refractivity contribution >= 4 is 17.3 Å². The second kappa shape index (κ2) is 9.76. The molecule has 0 bridgehead atoms. The van der Waals surface area contributed by atoms with Crippen LogP contribution in [0.5, 0.6) is 5.75 Å². The van der Waals surface area contributed by atoms with E-state index in [0.717, 1.165) is 11.3 Å². The molecule has 1 aromatic rings. The minimum Gasteiger partial charge on any atom is -0.482 e. The molecule has 0 atom stereocenters. The van der Waals surface area contributed by atoms with Gasteiger partial charge in [-0.3, -0.25) is 0 Å². The second-order valence-electron chi connectivity index (χ2n) is 2.32. The van der Waals surface area contributed by atoms with Crippen LogP contribution >= 0.6 is 11.3 Å². The number of carboxylic acid groups (broad SMARTS) is 1. The van der Waals surface area contributed by atoms with Crippen molar-refractivity contribution in [2.75, 3.05) is 6.61 Å². The SMILES string of the molecule is CC.CC.O=C(O)c1sccc1OCC(F)(F)F. The smallest absolute Gasteiger partial charge is 0.422 e. The molecule has 1 heterocycles. The fourth-order valence-corrected chi connectivity index (χ4v) is 1.40. The number of aromatic carboxylic acids is 1. The van der Waals surface area contributed by atoms with Crippen molar-refractivity contribution < 1.29 is 27.8 Å². The molecule has 0 aromatic carbocycles. The zero-order chi connectivity index (χ0) is 14.8. The van der Waals surface area contributed by atoms with Crippen LogP contribution < -0.4 is 4.74 Å². The van der Waals surface area contributed by atoms with E-state index in [2.05, 4.69) is 4.74 Å². The molecule has 1 aromatic heterocycles. The predicted octanol–water partition coefficient (Wildman–Crippen LogP) is 4.44. The Balaban J connectivity index is 0. The van der Waals surface area contributed by atoms with Gasteiger partial charge in [-0.05, 0) is 11.4 Å². The fourth-order valence-electron chi connectivity index (χ4n) is 0.727. The first-order chi connectivity index (χ1) is 8.40. The molecule has 0 fully saturated rings. The average Bonchev–Trinajstić information content (AvgIpc) is 2.79. The van der Waals surface area contributed by atoms with Crippen molar-refractivity contribution in [1.82, 2.24) is 0 Å². The van der Waals surface area contributed by atoms with E-state index in [1.165, 1.54) is 11.4 Å². The summed E-state index contributed by atoms with van der Waals surface area (Å²) in [5, 5.41) is 9.89. The van der Waals surface area contributed by atoms with Gasteiger partial charge >= 0.3 is 12.1 Å². The standard InChI is InChI=1S/C7H5F3O3S.2C2H6/c8-7(9,10)3-13-4-1-2-14-5(4)6(11)12;2*1-2/h1-2H,3H2,(H,11,12);2*1-2H3. The molecule has 7 heteroatoms. The quantitative estimate of drug-likeness (QED) is 0.893. The van der Waals surface area contributed by atoms with Crippen molar-refractivity contribution in [1.29, 1.82) is 0 Å². The number of thiophene rings is 1. The van der Waals surface area contributed by atoms with Gasteiger partial charge in [0.15, 0.2) is 11.5 Å². The number of halogens is 3. The van der Waals surface area contributed by atoms with Crippen molar-refractivity contribution in [2.45, 2.75) is 33.9 Å². The van der Waals surface area contributed by atoms with E-state index in [9.17, 15) is 18.0 Å².